The largest absolute Gasteiger partial charge is 0.497 e. The quantitative estimate of drug-likeness (QED) is 0.266. The number of hydrogen-bond acceptors (Lipinski definition) is 5. The van der Waals surface area contributed by atoms with Crippen molar-refractivity contribution >= 4 is 28.8 Å². The molecule has 6 rings (SSSR count). The summed E-state index contributed by atoms with van der Waals surface area (Å²) in [5, 5.41) is 0.928. The highest BCUT2D eigenvalue weighted by Crippen LogP contribution is 2.37. The van der Waals surface area contributed by atoms with Gasteiger partial charge < -0.3 is 19.1 Å². The number of carbonyl (C=O) groups is 1. The third-order valence-electron chi connectivity index (χ3n) is 7.18. The fourth-order valence-electron chi connectivity index (χ4n) is 5.05. The van der Waals surface area contributed by atoms with E-state index < -0.39 is 0 Å². The molecule has 1 fully saturated rings. The van der Waals surface area contributed by atoms with Gasteiger partial charge in [-0.15, -0.1) is 0 Å². The summed E-state index contributed by atoms with van der Waals surface area (Å²) in [5.41, 5.74) is 4.54. The van der Waals surface area contributed by atoms with Crippen molar-refractivity contribution in [2.75, 3.05) is 38.2 Å². The summed E-state index contributed by atoms with van der Waals surface area (Å²) in [6, 6.07) is 24.1. The third-order valence-corrected chi connectivity index (χ3v) is 7.18. The molecule has 0 radical (unpaired) electrons. The predicted octanol–water partition coefficient (Wildman–Crippen LogP) is 5.60. The van der Waals surface area contributed by atoms with E-state index in [1.54, 1.807) is 31.6 Å². The van der Waals surface area contributed by atoms with Crippen LogP contribution in [0.25, 0.3) is 33.9 Å². The Labute approximate surface area is 231 Å². The van der Waals surface area contributed by atoms with Gasteiger partial charge in [0.25, 0.3) is 0 Å². The van der Waals surface area contributed by atoms with Crippen molar-refractivity contribution in [1.29, 1.82) is 0 Å². The van der Waals surface area contributed by atoms with Gasteiger partial charge in [-0.25, -0.2) is 14.4 Å². The highest BCUT2D eigenvalue weighted by Gasteiger charge is 2.25. The molecule has 1 amide bonds. The summed E-state index contributed by atoms with van der Waals surface area (Å²) >= 11 is 0. The van der Waals surface area contributed by atoms with E-state index in [9.17, 15) is 9.18 Å². The first-order valence-electron chi connectivity index (χ1n) is 13.1. The molecule has 1 aliphatic rings. The lowest BCUT2D eigenvalue weighted by Gasteiger charge is -2.35. The zero-order valence-electron chi connectivity index (χ0n) is 22.1. The number of halogens is 1. The number of hydrogen-bond donors (Lipinski definition) is 0. The third kappa shape index (κ3) is 5.03. The summed E-state index contributed by atoms with van der Waals surface area (Å²) in [6.07, 6.45) is 7.06. The molecule has 0 N–H and O–H groups in total. The van der Waals surface area contributed by atoms with E-state index in [-0.39, 0.29) is 11.7 Å². The number of amides is 1. The van der Waals surface area contributed by atoms with Gasteiger partial charge in [0.1, 0.15) is 23.7 Å². The smallest absolute Gasteiger partial charge is 0.246 e. The minimum atomic E-state index is -0.287. The van der Waals surface area contributed by atoms with E-state index in [0.717, 1.165) is 45.0 Å². The Morgan fingerprint density at radius 1 is 0.900 bits per heavy atom. The molecule has 5 aromatic rings. The Bertz CT molecular complexity index is 1660. The second kappa shape index (κ2) is 11.0. The van der Waals surface area contributed by atoms with Crippen LogP contribution < -0.4 is 9.64 Å². The number of ether oxygens (including phenoxy) is 1. The molecule has 200 valence electrons. The van der Waals surface area contributed by atoms with Gasteiger partial charge in [-0.3, -0.25) is 4.79 Å². The summed E-state index contributed by atoms with van der Waals surface area (Å²) in [5.74, 6) is 1.30. The molecule has 0 atom stereocenters. The average molecular weight is 534 g/mol. The minimum Gasteiger partial charge on any atom is -0.497 e. The zero-order chi connectivity index (χ0) is 27.5. The number of benzene rings is 3. The number of nitrogens with zero attached hydrogens (tertiary/aromatic N) is 5. The Morgan fingerprint density at radius 2 is 1.62 bits per heavy atom. The normalized spacial score (nSPS) is 13.8. The van der Waals surface area contributed by atoms with Gasteiger partial charge in [-0.1, -0.05) is 42.5 Å². The number of methoxy groups -OCH3 is 1. The molecule has 1 aliphatic heterocycles. The van der Waals surface area contributed by atoms with Gasteiger partial charge in [-0.2, -0.15) is 0 Å². The fourth-order valence-corrected chi connectivity index (χ4v) is 5.05. The van der Waals surface area contributed by atoms with Crippen molar-refractivity contribution in [3.8, 4) is 22.6 Å². The van der Waals surface area contributed by atoms with Crippen LogP contribution in [0.3, 0.4) is 0 Å². The number of anilines is 1. The molecule has 0 aliphatic carbocycles. The molecule has 3 aromatic carbocycles. The molecular weight excluding hydrogens is 505 g/mol. The van der Waals surface area contributed by atoms with Crippen molar-refractivity contribution in [3.63, 3.8) is 0 Å². The molecule has 1 saturated heterocycles. The minimum absolute atomic E-state index is 0.0178. The summed E-state index contributed by atoms with van der Waals surface area (Å²) in [4.78, 5) is 26.3. The fraction of sp³-hybridized carbons (Fsp3) is 0.156. The van der Waals surface area contributed by atoms with Crippen LogP contribution >= 0.6 is 0 Å². The van der Waals surface area contributed by atoms with Crippen LogP contribution in [0.5, 0.6) is 5.75 Å². The number of fused-ring (bicyclic) bond motifs is 1. The molecule has 0 saturated carbocycles. The van der Waals surface area contributed by atoms with Crippen LogP contribution in [-0.4, -0.2) is 58.6 Å². The number of carbonyl (C=O) groups excluding carboxylic acids is 1. The van der Waals surface area contributed by atoms with Crippen LogP contribution in [0.1, 0.15) is 5.56 Å². The van der Waals surface area contributed by atoms with E-state index in [2.05, 4.69) is 22.0 Å². The van der Waals surface area contributed by atoms with Crippen LogP contribution in [0.2, 0.25) is 0 Å². The lowest BCUT2D eigenvalue weighted by molar-refractivity contribution is -0.126. The monoisotopic (exact) mass is 533 g/mol. The number of piperazine rings is 1. The molecule has 40 heavy (non-hydrogen) atoms. The summed E-state index contributed by atoms with van der Waals surface area (Å²) < 4.78 is 20.8. The Morgan fingerprint density at radius 3 is 2.33 bits per heavy atom. The lowest BCUT2D eigenvalue weighted by Crippen LogP contribution is -2.48. The molecule has 3 heterocycles. The van der Waals surface area contributed by atoms with Crippen molar-refractivity contribution in [1.82, 2.24) is 19.4 Å². The molecule has 7 nitrogen and oxygen atoms in total. The maximum absolute atomic E-state index is 13.7. The summed E-state index contributed by atoms with van der Waals surface area (Å²) in [7, 11) is 1.63. The number of aromatic nitrogens is 3. The van der Waals surface area contributed by atoms with Crippen molar-refractivity contribution < 1.29 is 13.9 Å². The van der Waals surface area contributed by atoms with Gasteiger partial charge in [-0.05, 0) is 53.6 Å². The second-order valence-corrected chi connectivity index (χ2v) is 9.57. The molecular formula is C32H28FN5O2. The van der Waals surface area contributed by atoms with Gasteiger partial charge >= 0.3 is 0 Å². The van der Waals surface area contributed by atoms with Crippen LogP contribution in [0, 0.1) is 5.82 Å². The molecule has 0 unspecified atom stereocenters. The van der Waals surface area contributed by atoms with Crippen molar-refractivity contribution in [3.05, 3.63) is 109 Å². The first-order valence-corrected chi connectivity index (χ1v) is 13.1. The maximum Gasteiger partial charge on any atom is 0.246 e. The Hall–Kier alpha value is -4.98. The highest BCUT2D eigenvalue weighted by atomic mass is 19.1. The van der Waals surface area contributed by atoms with Crippen molar-refractivity contribution in [2.45, 2.75) is 0 Å². The van der Waals surface area contributed by atoms with E-state index in [1.165, 1.54) is 12.1 Å². The lowest BCUT2D eigenvalue weighted by atomic mass is 10.1. The molecule has 0 bridgehead atoms. The first-order chi connectivity index (χ1) is 19.6. The zero-order valence-corrected chi connectivity index (χ0v) is 22.1. The van der Waals surface area contributed by atoms with Gasteiger partial charge in [0, 0.05) is 49.7 Å². The molecule has 2 aromatic heterocycles. The Kier molecular flexibility index (Phi) is 6.97. The van der Waals surface area contributed by atoms with E-state index in [1.807, 2.05) is 64.2 Å². The van der Waals surface area contributed by atoms with E-state index >= 15 is 0 Å². The maximum atomic E-state index is 13.7. The second-order valence-electron chi connectivity index (χ2n) is 9.57. The summed E-state index contributed by atoms with van der Waals surface area (Å²) in [6.45, 7) is 2.45. The van der Waals surface area contributed by atoms with Gasteiger partial charge in [0.2, 0.25) is 5.91 Å². The topological polar surface area (TPSA) is 63.5 Å². The highest BCUT2D eigenvalue weighted by molar-refractivity contribution is 6.02. The number of rotatable bonds is 6. The average Bonchev–Trinajstić information content (AvgIpc) is 3.41. The Balaban J connectivity index is 1.27. The predicted molar refractivity (Wildman–Crippen MR) is 155 cm³/mol. The van der Waals surface area contributed by atoms with Gasteiger partial charge in [0.15, 0.2) is 5.65 Å². The van der Waals surface area contributed by atoms with E-state index in [4.69, 9.17) is 9.72 Å². The van der Waals surface area contributed by atoms with Crippen LogP contribution in [0.4, 0.5) is 10.2 Å². The van der Waals surface area contributed by atoms with Gasteiger partial charge in [0.05, 0.1) is 12.5 Å². The van der Waals surface area contributed by atoms with E-state index in [0.29, 0.717) is 26.2 Å². The molecule has 0 spiro atoms. The van der Waals surface area contributed by atoms with Crippen molar-refractivity contribution in [2.24, 2.45) is 0 Å². The molecule has 8 heteroatoms. The SMILES string of the molecule is COc1ccc(C=CC(=O)N2CCN(c3ncnc4c3c(-c3ccccc3)cn4-c3ccc(F)cc3)CC2)cc1. The standard InChI is InChI=1S/C32H28FN5O2/c1-40-27-14-7-23(8-15-27)9-16-29(39)36-17-19-37(20-18-36)31-30-28(24-5-3-2-4-6-24)21-38(32(30)35-22-34-31)26-12-10-25(33)11-13-26/h2-16,21-22H,17-20H2,1H3. The van der Waals surface area contributed by atoms with Crippen LogP contribution in [-0.2, 0) is 4.79 Å². The first kappa shape index (κ1) is 25.3. The van der Waals surface area contributed by atoms with Crippen LogP contribution in [0.15, 0.2) is 97.5 Å².